The van der Waals surface area contributed by atoms with E-state index >= 15 is 0 Å². The normalized spacial score (nSPS) is 15.5. The van der Waals surface area contributed by atoms with E-state index in [1.807, 2.05) is 42.2 Å². The molecule has 3 heteroatoms. The van der Waals surface area contributed by atoms with Crippen LogP contribution in [0.1, 0.15) is 22.3 Å². The predicted octanol–water partition coefficient (Wildman–Crippen LogP) is 3.35. The van der Waals surface area contributed by atoms with Crippen LogP contribution in [0.3, 0.4) is 0 Å². The number of nitrogens with zero attached hydrogens (tertiary/aromatic N) is 2. The second kappa shape index (κ2) is 6.65. The van der Waals surface area contributed by atoms with Crippen LogP contribution < -0.4 is 4.90 Å². The fourth-order valence-corrected chi connectivity index (χ4v) is 2.98. The first-order valence-electron chi connectivity index (χ1n) is 7.90. The van der Waals surface area contributed by atoms with Crippen molar-refractivity contribution in [2.75, 3.05) is 31.1 Å². The van der Waals surface area contributed by atoms with Crippen molar-refractivity contribution in [3.05, 3.63) is 65.7 Å². The Morgan fingerprint density at radius 2 is 1.73 bits per heavy atom. The van der Waals surface area contributed by atoms with E-state index in [2.05, 4.69) is 29.2 Å². The molecule has 22 heavy (non-hydrogen) atoms. The van der Waals surface area contributed by atoms with E-state index < -0.39 is 0 Å². The molecule has 1 amide bonds. The Labute approximate surface area is 132 Å². The average molecular weight is 294 g/mol. The van der Waals surface area contributed by atoms with Gasteiger partial charge in [0.15, 0.2) is 0 Å². The molecule has 0 unspecified atom stereocenters. The molecule has 0 aromatic heterocycles. The zero-order valence-corrected chi connectivity index (χ0v) is 13.0. The Bertz CT molecular complexity index is 639. The van der Waals surface area contributed by atoms with Crippen molar-refractivity contribution in [3.63, 3.8) is 0 Å². The fourth-order valence-electron chi connectivity index (χ4n) is 2.98. The lowest BCUT2D eigenvalue weighted by Gasteiger charge is -2.23. The number of hydrogen-bond acceptors (Lipinski definition) is 2. The van der Waals surface area contributed by atoms with Crippen LogP contribution in [-0.2, 0) is 0 Å². The summed E-state index contributed by atoms with van der Waals surface area (Å²) in [5, 5.41) is 0. The number of rotatable bonds is 2. The molecule has 0 radical (unpaired) electrons. The fraction of sp³-hybridized carbons (Fsp3) is 0.316. The molecule has 0 atom stereocenters. The summed E-state index contributed by atoms with van der Waals surface area (Å²) in [5.41, 5.74) is 3.17. The molecular formula is C19H22N2O. The van der Waals surface area contributed by atoms with Gasteiger partial charge < -0.3 is 9.80 Å². The minimum atomic E-state index is 0.151. The van der Waals surface area contributed by atoms with E-state index in [1.165, 1.54) is 5.69 Å². The van der Waals surface area contributed by atoms with Crippen LogP contribution in [0.4, 0.5) is 5.69 Å². The van der Waals surface area contributed by atoms with Crippen molar-refractivity contribution in [2.24, 2.45) is 0 Å². The van der Waals surface area contributed by atoms with E-state index in [4.69, 9.17) is 0 Å². The first-order chi connectivity index (χ1) is 10.7. The maximum Gasteiger partial charge on any atom is 0.253 e. The number of carbonyl (C=O) groups is 1. The van der Waals surface area contributed by atoms with E-state index in [-0.39, 0.29) is 5.91 Å². The van der Waals surface area contributed by atoms with Crippen molar-refractivity contribution in [1.82, 2.24) is 4.90 Å². The second-order valence-electron chi connectivity index (χ2n) is 5.84. The van der Waals surface area contributed by atoms with E-state index in [0.29, 0.717) is 0 Å². The van der Waals surface area contributed by atoms with Gasteiger partial charge in [0, 0.05) is 37.4 Å². The molecule has 0 bridgehead atoms. The number of carbonyl (C=O) groups excluding carboxylic acids is 1. The molecule has 0 saturated carbocycles. The third-order valence-electron chi connectivity index (χ3n) is 4.17. The average Bonchev–Trinajstić information content (AvgIpc) is 2.81. The van der Waals surface area contributed by atoms with Crippen molar-refractivity contribution < 1.29 is 4.79 Å². The Balaban J connectivity index is 1.69. The number of anilines is 1. The van der Waals surface area contributed by atoms with Crippen molar-refractivity contribution >= 4 is 11.6 Å². The van der Waals surface area contributed by atoms with Crippen LogP contribution in [0, 0.1) is 6.92 Å². The van der Waals surface area contributed by atoms with Crippen LogP contribution in [0.5, 0.6) is 0 Å². The zero-order chi connectivity index (χ0) is 15.4. The minimum Gasteiger partial charge on any atom is -0.370 e. The molecule has 1 saturated heterocycles. The third kappa shape index (κ3) is 3.30. The summed E-state index contributed by atoms with van der Waals surface area (Å²) in [4.78, 5) is 17.0. The largest absolute Gasteiger partial charge is 0.370 e. The highest BCUT2D eigenvalue weighted by molar-refractivity contribution is 5.94. The standard InChI is InChI=1S/C19H22N2O/c1-16-7-5-8-17(15-16)19(22)21-12-6-11-20(13-14-21)18-9-3-2-4-10-18/h2-5,7-10,15H,6,11-14H2,1H3. The molecule has 0 N–H and O–H groups in total. The summed E-state index contributed by atoms with van der Waals surface area (Å²) < 4.78 is 0. The molecule has 1 aliphatic rings. The number of para-hydroxylation sites is 1. The van der Waals surface area contributed by atoms with Gasteiger partial charge in [-0.15, -0.1) is 0 Å². The quantitative estimate of drug-likeness (QED) is 0.848. The summed E-state index contributed by atoms with van der Waals surface area (Å²) >= 11 is 0. The van der Waals surface area contributed by atoms with Gasteiger partial charge in [0.25, 0.3) is 5.91 Å². The summed E-state index contributed by atoms with van der Waals surface area (Å²) in [6.45, 7) is 5.53. The molecule has 3 nitrogen and oxygen atoms in total. The monoisotopic (exact) mass is 294 g/mol. The lowest BCUT2D eigenvalue weighted by Crippen LogP contribution is -2.35. The molecule has 0 aliphatic carbocycles. The van der Waals surface area contributed by atoms with Gasteiger partial charge in [-0.1, -0.05) is 35.9 Å². The van der Waals surface area contributed by atoms with Crippen LogP contribution >= 0.6 is 0 Å². The van der Waals surface area contributed by atoms with Gasteiger partial charge in [0.1, 0.15) is 0 Å². The number of aryl methyl sites for hydroxylation is 1. The Morgan fingerprint density at radius 3 is 2.50 bits per heavy atom. The van der Waals surface area contributed by atoms with Gasteiger partial charge >= 0.3 is 0 Å². The van der Waals surface area contributed by atoms with Gasteiger partial charge in [-0.05, 0) is 37.6 Å². The van der Waals surface area contributed by atoms with Crippen LogP contribution in [-0.4, -0.2) is 37.0 Å². The molecule has 1 fully saturated rings. The van der Waals surface area contributed by atoms with Gasteiger partial charge in [-0.3, -0.25) is 4.79 Å². The highest BCUT2D eigenvalue weighted by Crippen LogP contribution is 2.17. The summed E-state index contributed by atoms with van der Waals surface area (Å²) in [7, 11) is 0. The number of hydrogen-bond donors (Lipinski definition) is 0. The predicted molar refractivity (Wildman–Crippen MR) is 90.4 cm³/mol. The highest BCUT2D eigenvalue weighted by Gasteiger charge is 2.20. The molecule has 0 spiro atoms. The van der Waals surface area contributed by atoms with E-state index in [9.17, 15) is 4.79 Å². The molecular weight excluding hydrogens is 272 g/mol. The van der Waals surface area contributed by atoms with Gasteiger partial charge in [-0.2, -0.15) is 0 Å². The van der Waals surface area contributed by atoms with Crippen LogP contribution in [0.25, 0.3) is 0 Å². The number of amides is 1. The van der Waals surface area contributed by atoms with Gasteiger partial charge in [-0.25, -0.2) is 0 Å². The minimum absolute atomic E-state index is 0.151. The zero-order valence-electron chi connectivity index (χ0n) is 13.0. The summed E-state index contributed by atoms with van der Waals surface area (Å²) in [6, 6.07) is 18.3. The molecule has 3 rings (SSSR count). The van der Waals surface area contributed by atoms with Crippen molar-refractivity contribution in [3.8, 4) is 0 Å². The number of benzene rings is 2. The van der Waals surface area contributed by atoms with E-state index in [1.54, 1.807) is 0 Å². The maximum atomic E-state index is 12.7. The Hall–Kier alpha value is -2.29. The first kappa shape index (κ1) is 14.6. The Kier molecular flexibility index (Phi) is 4.42. The van der Waals surface area contributed by atoms with E-state index in [0.717, 1.165) is 43.7 Å². The van der Waals surface area contributed by atoms with Crippen LogP contribution in [0.2, 0.25) is 0 Å². The SMILES string of the molecule is Cc1cccc(C(=O)N2CCCN(c3ccccc3)CC2)c1. The third-order valence-corrected chi connectivity index (χ3v) is 4.17. The van der Waals surface area contributed by atoms with Gasteiger partial charge in [0.2, 0.25) is 0 Å². The van der Waals surface area contributed by atoms with Crippen LogP contribution in [0.15, 0.2) is 54.6 Å². The lowest BCUT2D eigenvalue weighted by molar-refractivity contribution is 0.0767. The lowest BCUT2D eigenvalue weighted by atomic mass is 10.1. The first-order valence-corrected chi connectivity index (χ1v) is 7.90. The molecule has 1 heterocycles. The molecule has 2 aromatic carbocycles. The van der Waals surface area contributed by atoms with Gasteiger partial charge in [0.05, 0.1) is 0 Å². The summed E-state index contributed by atoms with van der Waals surface area (Å²) in [5.74, 6) is 0.151. The Morgan fingerprint density at radius 1 is 0.909 bits per heavy atom. The molecule has 1 aliphatic heterocycles. The second-order valence-corrected chi connectivity index (χ2v) is 5.84. The molecule has 114 valence electrons. The smallest absolute Gasteiger partial charge is 0.253 e. The van der Waals surface area contributed by atoms with Crippen molar-refractivity contribution in [1.29, 1.82) is 0 Å². The van der Waals surface area contributed by atoms with Crippen molar-refractivity contribution in [2.45, 2.75) is 13.3 Å². The maximum absolute atomic E-state index is 12.7. The highest BCUT2D eigenvalue weighted by atomic mass is 16.2. The summed E-state index contributed by atoms with van der Waals surface area (Å²) in [6.07, 6.45) is 1.01. The molecule has 2 aromatic rings. The topological polar surface area (TPSA) is 23.6 Å².